The summed E-state index contributed by atoms with van der Waals surface area (Å²) in [5.41, 5.74) is -0.123. The van der Waals surface area contributed by atoms with Crippen LogP contribution in [0.25, 0.3) is 0 Å². The molecule has 0 aliphatic heterocycles. The molecule has 0 amide bonds. The molecule has 4 fully saturated rings. The Labute approximate surface area is 148 Å². The summed E-state index contributed by atoms with van der Waals surface area (Å²) in [5.74, 6) is -1.09. The van der Waals surface area contributed by atoms with E-state index in [1.54, 1.807) is 0 Å². The lowest BCUT2D eigenvalue weighted by Crippen LogP contribution is -2.63. The van der Waals surface area contributed by atoms with Crippen molar-refractivity contribution >= 4 is 23.1 Å². The average molecular weight is 342 g/mol. The predicted molar refractivity (Wildman–Crippen MR) is 91.6 cm³/mol. The van der Waals surface area contributed by atoms with Crippen molar-refractivity contribution in [1.29, 1.82) is 0 Å². The number of rotatable bonds is 0. The van der Waals surface area contributed by atoms with Crippen LogP contribution in [-0.2, 0) is 19.2 Å². The van der Waals surface area contributed by atoms with E-state index in [0.717, 1.165) is 24.8 Å². The van der Waals surface area contributed by atoms with Crippen molar-refractivity contribution in [1.82, 2.24) is 0 Å². The van der Waals surface area contributed by atoms with Crippen molar-refractivity contribution in [2.24, 2.45) is 40.4 Å². The zero-order chi connectivity index (χ0) is 18.3. The maximum Gasteiger partial charge on any atom is 0.206 e. The van der Waals surface area contributed by atoms with Crippen LogP contribution in [0.5, 0.6) is 0 Å². The Morgan fingerprint density at radius 2 is 1.68 bits per heavy atom. The Balaban J connectivity index is 1.84. The van der Waals surface area contributed by atoms with E-state index in [9.17, 15) is 19.2 Å². The van der Waals surface area contributed by atoms with Crippen LogP contribution < -0.4 is 0 Å². The molecule has 4 nitrogen and oxygen atoms in total. The van der Waals surface area contributed by atoms with E-state index in [0.29, 0.717) is 12.2 Å². The summed E-state index contributed by atoms with van der Waals surface area (Å²) in [6.45, 7) is 10.2. The molecule has 0 saturated heterocycles. The minimum atomic E-state index is -0.788. The van der Waals surface area contributed by atoms with Crippen molar-refractivity contribution in [2.45, 2.75) is 52.9 Å². The molecule has 0 spiro atoms. The molecular weight excluding hydrogens is 316 g/mol. The zero-order valence-electron chi connectivity index (χ0n) is 15.3. The third kappa shape index (κ3) is 1.83. The fourth-order valence-corrected chi connectivity index (χ4v) is 6.85. The van der Waals surface area contributed by atoms with E-state index in [1.165, 1.54) is 0 Å². The Hall–Kier alpha value is -1.58. The van der Waals surface area contributed by atoms with E-state index in [1.807, 2.05) is 13.8 Å². The van der Waals surface area contributed by atoms with E-state index in [4.69, 9.17) is 0 Å². The summed E-state index contributed by atoms with van der Waals surface area (Å²) in [6.07, 6.45) is 2.74. The van der Waals surface area contributed by atoms with Gasteiger partial charge in [0.15, 0.2) is 0 Å². The second-order valence-electron chi connectivity index (χ2n) is 9.17. The van der Waals surface area contributed by atoms with Gasteiger partial charge in [0.05, 0.1) is 6.42 Å². The van der Waals surface area contributed by atoms with Gasteiger partial charge in [-0.25, -0.2) is 0 Å². The Morgan fingerprint density at radius 3 is 2.36 bits per heavy atom. The molecule has 4 heteroatoms. The highest BCUT2D eigenvalue weighted by molar-refractivity contribution is 6.44. The van der Waals surface area contributed by atoms with Gasteiger partial charge in [-0.3, -0.25) is 19.2 Å². The molecule has 25 heavy (non-hydrogen) atoms. The molecule has 4 aliphatic rings. The van der Waals surface area contributed by atoms with Gasteiger partial charge in [0, 0.05) is 23.2 Å². The molecule has 7 atom stereocenters. The average Bonchev–Trinajstić information content (AvgIpc) is 2.86. The van der Waals surface area contributed by atoms with Gasteiger partial charge in [0.25, 0.3) is 0 Å². The Bertz CT molecular complexity index is 734. The lowest BCUT2D eigenvalue weighted by atomic mass is 9.42. The van der Waals surface area contributed by atoms with Gasteiger partial charge >= 0.3 is 0 Å². The second kappa shape index (κ2) is 4.99. The second-order valence-corrected chi connectivity index (χ2v) is 9.17. The zero-order valence-corrected chi connectivity index (χ0v) is 15.3. The van der Waals surface area contributed by atoms with Crippen molar-refractivity contribution < 1.29 is 19.2 Å². The monoisotopic (exact) mass is 342 g/mol. The molecule has 0 aromatic rings. The molecule has 134 valence electrons. The number of carbonyl (C=O) groups excluding carboxylic acids is 4. The van der Waals surface area contributed by atoms with Gasteiger partial charge in [-0.15, -0.1) is 0 Å². The fourth-order valence-electron chi connectivity index (χ4n) is 6.85. The molecule has 0 N–H and O–H groups in total. The predicted octanol–water partition coefficient (Wildman–Crippen LogP) is 2.94. The maximum atomic E-state index is 13.0. The lowest BCUT2D eigenvalue weighted by molar-refractivity contribution is -0.166. The van der Waals surface area contributed by atoms with Gasteiger partial charge in [-0.05, 0) is 42.9 Å². The molecule has 4 aliphatic carbocycles. The third-order valence-corrected chi connectivity index (χ3v) is 8.39. The number of fused-ring (bicyclic) bond motifs is 5. The highest BCUT2D eigenvalue weighted by Gasteiger charge is 2.67. The minimum absolute atomic E-state index is 0.0229. The first-order chi connectivity index (χ1) is 11.6. The number of ketones is 4. The lowest BCUT2D eigenvalue weighted by Gasteiger charge is -2.60. The number of carbonyl (C=O) groups is 4. The highest BCUT2D eigenvalue weighted by atomic mass is 16.2. The number of hydrogen-bond acceptors (Lipinski definition) is 4. The summed E-state index contributed by atoms with van der Waals surface area (Å²) in [6, 6.07) is 0. The maximum absolute atomic E-state index is 13.0. The van der Waals surface area contributed by atoms with Crippen LogP contribution in [0.3, 0.4) is 0 Å². The summed E-state index contributed by atoms with van der Waals surface area (Å²) in [4.78, 5) is 50.2. The van der Waals surface area contributed by atoms with Crippen molar-refractivity contribution in [3.8, 4) is 0 Å². The van der Waals surface area contributed by atoms with Gasteiger partial charge in [0.1, 0.15) is 11.6 Å². The SMILES string of the molecule is C=C1C(C)C2C(=O)C(=O)CC(=O)[C@]2(C)[C@H]2CC[C@]3(C)C(=O)CC[C@H]3[C@H]12. The Kier molecular flexibility index (Phi) is 3.36. The molecule has 0 aromatic carbocycles. The van der Waals surface area contributed by atoms with Crippen LogP contribution in [-0.4, -0.2) is 23.1 Å². The molecule has 2 unspecified atom stereocenters. The molecule has 0 radical (unpaired) electrons. The quantitative estimate of drug-likeness (QED) is 0.386. The van der Waals surface area contributed by atoms with Gasteiger partial charge in [-0.1, -0.05) is 32.9 Å². The van der Waals surface area contributed by atoms with Crippen LogP contribution in [0, 0.1) is 40.4 Å². The molecule has 0 heterocycles. The molecule has 0 bridgehead atoms. The summed E-state index contributed by atoms with van der Waals surface area (Å²) in [5, 5.41) is 0. The normalized spacial score (nSPS) is 49.7. The third-order valence-electron chi connectivity index (χ3n) is 8.39. The van der Waals surface area contributed by atoms with Gasteiger partial charge < -0.3 is 0 Å². The minimum Gasteiger partial charge on any atom is -0.299 e. The Morgan fingerprint density at radius 1 is 1.00 bits per heavy atom. The van der Waals surface area contributed by atoms with E-state index < -0.39 is 17.1 Å². The van der Waals surface area contributed by atoms with E-state index in [2.05, 4.69) is 13.5 Å². The summed E-state index contributed by atoms with van der Waals surface area (Å²) in [7, 11) is 0. The molecule has 0 aromatic heterocycles. The van der Waals surface area contributed by atoms with E-state index >= 15 is 0 Å². The molecule has 4 saturated carbocycles. The van der Waals surface area contributed by atoms with Crippen LogP contribution in [0.1, 0.15) is 52.9 Å². The summed E-state index contributed by atoms with van der Waals surface area (Å²) < 4.78 is 0. The first-order valence-electron chi connectivity index (χ1n) is 9.46. The fraction of sp³-hybridized carbons (Fsp3) is 0.714. The van der Waals surface area contributed by atoms with Crippen molar-refractivity contribution in [2.75, 3.05) is 0 Å². The van der Waals surface area contributed by atoms with Crippen LogP contribution in [0.4, 0.5) is 0 Å². The van der Waals surface area contributed by atoms with Gasteiger partial charge in [-0.2, -0.15) is 0 Å². The number of hydrogen-bond donors (Lipinski definition) is 0. The standard InChI is InChI=1S/C21H26O4/c1-10-11(2)18-19(25)14(22)9-16(24)21(18,4)13-7-8-20(3)12(17(10)13)5-6-15(20)23/h11-13,17-18H,1,5-9H2,2-4H3/t11?,12-,13-,17-,18?,20-,21-/m0/s1. The first-order valence-corrected chi connectivity index (χ1v) is 9.46. The van der Waals surface area contributed by atoms with Crippen LogP contribution in [0.15, 0.2) is 12.2 Å². The number of allylic oxidation sites excluding steroid dienone is 1. The molecular formula is C21H26O4. The first kappa shape index (κ1) is 16.9. The highest BCUT2D eigenvalue weighted by Crippen LogP contribution is 2.66. The van der Waals surface area contributed by atoms with Crippen molar-refractivity contribution in [3.63, 3.8) is 0 Å². The van der Waals surface area contributed by atoms with Crippen LogP contribution in [0.2, 0.25) is 0 Å². The number of Topliss-reactive ketones (excluding diaryl/α,β-unsaturated/α-hetero) is 4. The van der Waals surface area contributed by atoms with Gasteiger partial charge in [0.2, 0.25) is 11.6 Å². The summed E-state index contributed by atoms with van der Waals surface area (Å²) >= 11 is 0. The molecule has 4 rings (SSSR count). The van der Waals surface area contributed by atoms with E-state index in [-0.39, 0.29) is 47.1 Å². The largest absolute Gasteiger partial charge is 0.299 e. The topological polar surface area (TPSA) is 68.3 Å². The van der Waals surface area contributed by atoms with Crippen LogP contribution >= 0.6 is 0 Å². The smallest absolute Gasteiger partial charge is 0.206 e. The van der Waals surface area contributed by atoms with Crippen molar-refractivity contribution in [3.05, 3.63) is 12.2 Å².